The van der Waals surface area contributed by atoms with Crippen molar-refractivity contribution in [2.24, 2.45) is 0 Å². The quantitative estimate of drug-likeness (QED) is 0.733. The van der Waals surface area contributed by atoms with Crippen LogP contribution in [0, 0.1) is 17.1 Å². The summed E-state index contributed by atoms with van der Waals surface area (Å²) in [5, 5.41) is 13.9. The zero-order valence-electron chi connectivity index (χ0n) is 14.4. The molecule has 132 valence electrons. The summed E-state index contributed by atoms with van der Waals surface area (Å²) in [7, 11) is 0. The van der Waals surface area contributed by atoms with Gasteiger partial charge in [-0.05, 0) is 30.2 Å². The number of nitrogens with two attached hydrogens (primary N) is 1. The van der Waals surface area contributed by atoms with E-state index in [0.717, 1.165) is 11.1 Å². The van der Waals surface area contributed by atoms with Gasteiger partial charge >= 0.3 is 0 Å². The third-order valence-corrected chi connectivity index (χ3v) is 4.20. The SMILES string of the molecule is CC(c1ccc(F)cc1)n1nc(COCc2ccccc2)c(C#N)c1N. The smallest absolute Gasteiger partial charge is 0.140 e. The minimum Gasteiger partial charge on any atom is -0.383 e. The molecule has 3 rings (SSSR count). The fraction of sp³-hybridized carbons (Fsp3) is 0.200. The van der Waals surface area contributed by atoms with Crippen LogP contribution in [0.4, 0.5) is 10.2 Å². The molecule has 2 aromatic carbocycles. The first kappa shape index (κ1) is 17.6. The first-order valence-corrected chi connectivity index (χ1v) is 8.24. The summed E-state index contributed by atoms with van der Waals surface area (Å²) in [6.07, 6.45) is 0. The van der Waals surface area contributed by atoms with Crippen LogP contribution in [0.15, 0.2) is 54.6 Å². The third-order valence-electron chi connectivity index (χ3n) is 4.20. The molecule has 0 bridgehead atoms. The Bertz CT molecular complexity index is 913. The highest BCUT2D eigenvalue weighted by Crippen LogP contribution is 2.25. The molecule has 0 aliphatic rings. The number of rotatable bonds is 6. The fourth-order valence-electron chi connectivity index (χ4n) is 2.74. The second-order valence-corrected chi connectivity index (χ2v) is 5.97. The van der Waals surface area contributed by atoms with Crippen molar-refractivity contribution < 1.29 is 9.13 Å². The molecule has 1 heterocycles. The molecule has 0 spiro atoms. The molecule has 3 aromatic rings. The van der Waals surface area contributed by atoms with E-state index in [0.29, 0.717) is 17.9 Å². The highest BCUT2D eigenvalue weighted by molar-refractivity contribution is 5.52. The molecular formula is C20H19FN4O. The van der Waals surface area contributed by atoms with Crippen LogP contribution in [0.3, 0.4) is 0 Å². The Morgan fingerprint density at radius 2 is 1.85 bits per heavy atom. The van der Waals surface area contributed by atoms with E-state index in [9.17, 15) is 9.65 Å². The number of hydrogen-bond donors (Lipinski definition) is 1. The third kappa shape index (κ3) is 3.73. The van der Waals surface area contributed by atoms with Gasteiger partial charge in [0.05, 0.1) is 19.3 Å². The summed E-state index contributed by atoms with van der Waals surface area (Å²) in [6, 6.07) is 17.8. The monoisotopic (exact) mass is 350 g/mol. The molecule has 0 fully saturated rings. The van der Waals surface area contributed by atoms with Crippen LogP contribution in [-0.2, 0) is 18.0 Å². The van der Waals surface area contributed by atoms with Gasteiger partial charge < -0.3 is 10.5 Å². The molecular weight excluding hydrogens is 331 g/mol. The average Bonchev–Trinajstić information content (AvgIpc) is 2.98. The molecule has 26 heavy (non-hydrogen) atoms. The van der Waals surface area contributed by atoms with E-state index in [4.69, 9.17) is 10.5 Å². The Kier molecular flexibility index (Phi) is 5.30. The van der Waals surface area contributed by atoms with Gasteiger partial charge in [0.2, 0.25) is 0 Å². The molecule has 5 nitrogen and oxygen atoms in total. The minimum atomic E-state index is -0.304. The van der Waals surface area contributed by atoms with Gasteiger partial charge in [-0.25, -0.2) is 9.07 Å². The van der Waals surface area contributed by atoms with Gasteiger partial charge in [-0.15, -0.1) is 0 Å². The van der Waals surface area contributed by atoms with Crippen molar-refractivity contribution in [3.8, 4) is 6.07 Å². The highest BCUT2D eigenvalue weighted by Gasteiger charge is 2.20. The van der Waals surface area contributed by atoms with Crippen LogP contribution in [-0.4, -0.2) is 9.78 Å². The van der Waals surface area contributed by atoms with Crippen molar-refractivity contribution in [2.45, 2.75) is 26.2 Å². The number of ether oxygens (including phenoxy) is 1. The predicted molar refractivity (Wildman–Crippen MR) is 96.5 cm³/mol. The van der Waals surface area contributed by atoms with Gasteiger partial charge in [0.1, 0.15) is 29.0 Å². The van der Waals surface area contributed by atoms with Crippen LogP contribution in [0.1, 0.15) is 35.3 Å². The Morgan fingerprint density at radius 3 is 2.50 bits per heavy atom. The fourth-order valence-corrected chi connectivity index (χ4v) is 2.74. The Balaban J connectivity index is 1.78. The van der Waals surface area contributed by atoms with Gasteiger partial charge in [-0.2, -0.15) is 10.4 Å². The van der Waals surface area contributed by atoms with Gasteiger partial charge in [0, 0.05) is 0 Å². The van der Waals surface area contributed by atoms with Crippen LogP contribution in [0.2, 0.25) is 0 Å². The largest absolute Gasteiger partial charge is 0.383 e. The number of aromatic nitrogens is 2. The van der Waals surface area contributed by atoms with Crippen molar-refractivity contribution >= 4 is 5.82 Å². The lowest BCUT2D eigenvalue weighted by atomic mass is 10.1. The maximum Gasteiger partial charge on any atom is 0.140 e. The summed E-state index contributed by atoms with van der Waals surface area (Å²) in [4.78, 5) is 0. The molecule has 6 heteroatoms. The average molecular weight is 350 g/mol. The summed E-state index contributed by atoms with van der Waals surface area (Å²) >= 11 is 0. The van der Waals surface area contributed by atoms with Crippen LogP contribution in [0.25, 0.3) is 0 Å². The van der Waals surface area contributed by atoms with E-state index in [1.165, 1.54) is 12.1 Å². The standard InChI is InChI=1S/C20H19FN4O/c1-14(16-7-9-17(21)10-8-16)25-20(23)18(11-22)19(24-25)13-26-12-15-5-3-2-4-6-15/h2-10,14H,12-13,23H2,1H3. The highest BCUT2D eigenvalue weighted by atomic mass is 19.1. The summed E-state index contributed by atoms with van der Waals surface area (Å²) in [5.41, 5.74) is 8.81. The normalized spacial score (nSPS) is 11.9. The molecule has 0 aliphatic carbocycles. The topological polar surface area (TPSA) is 76.9 Å². The summed E-state index contributed by atoms with van der Waals surface area (Å²) in [5.74, 6) is -0.0234. The lowest BCUT2D eigenvalue weighted by molar-refractivity contribution is 0.104. The van der Waals surface area contributed by atoms with Crippen molar-refractivity contribution in [2.75, 3.05) is 5.73 Å². The van der Waals surface area contributed by atoms with Crippen molar-refractivity contribution in [3.63, 3.8) is 0 Å². The molecule has 1 atom stereocenters. The van der Waals surface area contributed by atoms with E-state index < -0.39 is 0 Å². The van der Waals surface area contributed by atoms with E-state index in [1.54, 1.807) is 16.8 Å². The van der Waals surface area contributed by atoms with Crippen molar-refractivity contribution in [3.05, 3.63) is 82.8 Å². The number of nitrogens with zero attached hydrogens (tertiary/aromatic N) is 3. The maximum atomic E-state index is 13.1. The number of anilines is 1. The Morgan fingerprint density at radius 1 is 1.15 bits per heavy atom. The van der Waals surface area contributed by atoms with Gasteiger partial charge in [0.15, 0.2) is 0 Å². The first-order chi connectivity index (χ1) is 12.6. The lowest BCUT2D eigenvalue weighted by Gasteiger charge is -2.14. The zero-order chi connectivity index (χ0) is 18.5. The number of nitrogen functional groups attached to an aromatic ring is 1. The van der Waals surface area contributed by atoms with Crippen LogP contribution < -0.4 is 5.73 Å². The molecule has 0 amide bonds. The number of halogens is 1. The summed E-state index contributed by atoms with van der Waals surface area (Å²) < 4.78 is 20.4. The van der Waals surface area contributed by atoms with Gasteiger partial charge in [-0.3, -0.25) is 0 Å². The second kappa shape index (κ2) is 7.81. The van der Waals surface area contributed by atoms with Crippen LogP contribution in [0.5, 0.6) is 0 Å². The maximum absolute atomic E-state index is 13.1. The minimum absolute atomic E-state index is 0.186. The van der Waals surface area contributed by atoms with Crippen LogP contribution >= 0.6 is 0 Å². The second-order valence-electron chi connectivity index (χ2n) is 5.97. The molecule has 2 N–H and O–H groups in total. The van der Waals surface area contributed by atoms with E-state index in [1.807, 2.05) is 37.3 Å². The Labute approximate surface area is 151 Å². The van der Waals surface area contributed by atoms with Gasteiger partial charge in [-0.1, -0.05) is 42.5 Å². The number of nitriles is 1. The number of benzene rings is 2. The number of hydrogen-bond acceptors (Lipinski definition) is 4. The van der Waals surface area contributed by atoms with Crippen molar-refractivity contribution in [1.29, 1.82) is 5.26 Å². The molecule has 1 unspecified atom stereocenters. The predicted octanol–water partition coefficient (Wildman–Crippen LogP) is 3.80. The lowest BCUT2D eigenvalue weighted by Crippen LogP contribution is -2.12. The zero-order valence-corrected chi connectivity index (χ0v) is 14.4. The van der Waals surface area contributed by atoms with Crippen molar-refractivity contribution in [1.82, 2.24) is 9.78 Å². The molecule has 0 aliphatic heterocycles. The summed E-state index contributed by atoms with van der Waals surface area (Å²) in [6.45, 7) is 2.50. The van der Waals surface area contributed by atoms with E-state index in [-0.39, 0.29) is 24.3 Å². The van der Waals surface area contributed by atoms with E-state index >= 15 is 0 Å². The molecule has 0 saturated carbocycles. The molecule has 0 saturated heterocycles. The van der Waals surface area contributed by atoms with Gasteiger partial charge in [0.25, 0.3) is 0 Å². The first-order valence-electron chi connectivity index (χ1n) is 8.24. The Hall–Kier alpha value is -3.17. The molecule has 1 aromatic heterocycles. The molecule has 0 radical (unpaired) electrons. The van der Waals surface area contributed by atoms with E-state index in [2.05, 4.69) is 11.2 Å².